The first-order valence-electron chi connectivity index (χ1n) is 6.46. The van der Waals surface area contributed by atoms with Gasteiger partial charge in [0.15, 0.2) is 0 Å². The maximum Gasteiger partial charge on any atom is 0.133 e. The Morgan fingerprint density at radius 1 is 1.16 bits per heavy atom. The van der Waals surface area contributed by atoms with Crippen molar-refractivity contribution in [2.24, 2.45) is 0 Å². The van der Waals surface area contributed by atoms with Gasteiger partial charge in [-0.2, -0.15) is 0 Å². The highest BCUT2D eigenvalue weighted by Gasteiger charge is 2.08. The van der Waals surface area contributed by atoms with Crippen LogP contribution in [0.3, 0.4) is 0 Å². The molecule has 2 aromatic rings. The van der Waals surface area contributed by atoms with Gasteiger partial charge in [-0.15, -0.1) is 0 Å². The first kappa shape index (κ1) is 13.6. The minimum absolute atomic E-state index is 0.485. The molecule has 1 aromatic heterocycles. The molecule has 0 bridgehead atoms. The van der Waals surface area contributed by atoms with Gasteiger partial charge < -0.3 is 19.6 Å². The first-order valence-corrected chi connectivity index (χ1v) is 6.46. The van der Waals surface area contributed by atoms with Gasteiger partial charge in [0.25, 0.3) is 0 Å². The Labute approximate surface area is 113 Å². The van der Waals surface area contributed by atoms with Crippen molar-refractivity contribution in [2.75, 3.05) is 19.7 Å². The number of hydrogen-bond donors (Lipinski definition) is 2. The second kappa shape index (κ2) is 7.61. The summed E-state index contributed by atoms with van der Waals surface area (Å²) in [5.74, 6) is 1.48. The topological polar surface area (TPSA) is 54.6 Å². The molecule has 2 N–H and O–H groups in total. The van der Waals surface area contributed by atoms with E-state index >= 15 is 0 Å². The summed E-state index contributed by atoms with van der Waals surface area (Å²) in [5, 5.41) is 12.9. The van der Waals surface area contributed by atoms with Crippen LogP contribution in [0.4, 0.5) is 0 Å². The maximum absolute atomic E-state index is 9.76. The van der Waals surface area contributed by atoms with Crippen LogP contribution in [0.2, 0.25) is 0 Å². The highest BCUT2D eigenvalue weighted by molar-refractivity contribution is 5.20. The highest BCUT2D eigenvalue weighted by atomic mass is 16.5. The SMILES string of the molecule is OC(CNCCCOc1ccccc1)c1ccco1. The van der Waals surface area contributed by atoms with Gasteiger partial charge in [-0.1, -0.05) is 18.2 Å². The van der Waals surface area contributed by atoms with Crippen LogP contribution in [0.25, 0.3) is 0 Å². The lowest BCUT2D eigenvalue weighted by molar-refractivity contribution is 0.147. The molecule has 1 heterocycles. The Hall–Kier alpha value is -1.78. The molecular weight excluding hydrogens is 242 g/mol. The third-order valence-corrected chi connectivity index (χ3v) is 2.72. The summed E-state index contributed by atoms with van der Waals surface area (Å²) in [4.78, 5) is 0. The molecule has 1 aromatic carbocycles. The molecule has 4 heteroatoms. The summed E-state index contributed by atoms with van der Waals surface area (Å²) in [6.45, 7) is 1.94. The molecule has 0 aliphatic heterocycles. The molecule has 19 heavy (non-hydrogen) atoms. The lowest BCUT2D eigenvalue weighted by atomic mass is 10.2. The molecule has 0 fully saturated rings. The Morgan fingerprint density at radius 2 is 2.00 bits per heavy atom. The molecule has 4 nitrogen and oxygen atoms in total. The molecule has 0 radical (unpaired) electrons. The van der Waals surface area contributed by atoms with Crippen molar-refractivity contribution in [2.45, 2.75) is 12.5 Å². The lowest BCUT2D eigenvalue weighted by Gasteiger charge is -2.10. The van der Waals surface area contributed by atoms with E-state index < -0.39 is 6.10 Å². The quantitative estimate of drug-likeness (QED) is 0.716. The van der Waals surface area contributed by atoms with Crippen LogP contribution in [-0.2, 0) is 0 Å². The van der Waals surface area contributed by atoms with Crippen LogP contribution < -0.4 is 10.1 Å². The van der Waals surface area contributed by atoms with Crippen LogP contribution in [0.1, 0.15) is 18.3 Å². The second-order valence-corrected chi connectivity index (χ2v) is 4.25. The van der Waals surface area contributed by atoms with Gasteiger partial charge in [-0.25, -0.2) is 0 Å². The molecular formula is C15H19NO3. The number of nitrogens with one attached hydrogen (secondary N) is 1. The van der Waals surface area contributed by atoms with E-state index in [0.717, 1.165) is 18.7 Å². The Bertz CT molecular complexity index is 442. The fourth-order valence-corrected chi connectivity index (χ4v) is 1.72. The molecule has 0 saturated carbocycles. The van der Waals surface area contributed by atoms with Crippen molar-refractivity contribution < 1.29 is 14.3 Å². The van der Waals surface area contributed by atoms with Gasteiger partial charge in [0, 0.05) is 6.54 Å². The van der Waals surface area contributed by atoms with E-state index in [1.165, 1.54) is 0 Å². The predicted molar refractivity (Wildman–Crippen MR) is 73.1 cm³/mol. The number of aliphatic hydroxyl groups excluding tert-OH is 1. The average Bonchev–Trinajstić information content (AvgIpc) is 2.98. The number of furan rings is 1. The Balaban J connectivity index is 1.53. The largest absolute Gasteiger partial charge is 0.494 e. The van der Waals surface area contributed by atoms with E-state index in [1.807, 2.05) is 30.3 Å². The van der Waals surface area contributed by atoms with Gasteiger partial charge in [0.1, 0.15) is 17.6 Å². The van der Waals surface area contributed by atoms with Gasteiger partial charge in [0.05, 0.1) is 12.9 Å². The zero-order valence-electron chi connectivity index (χ0n) is 10.8. The second-order valence-electron chi connectivity index (χ2n) is 4.25. The average molecular weight is 261 g/mol. The minimum atomic E-state index is -0.593. The number of ether oxygens (including phenoxy) is 1. The standard InChI is InChI=1S/C15H19NO3/c17-14(15-8-4-10-19-15)12-16-9-5-11-18-13-6-2-1-3-7-13/h1-4,6-8,10,14,16-17H,5,9,11-12H2. The van der Waals surface area contributed by atoms with Crippen molar-refractivity contribution in [3.8, 4) is 5.75 Å². The van der Waals surface area contributed by atoms with Gasteiger partial charge in [-0.3, -0.25) is 0 Å². The van der Waals surface area contributed by atoms with E-state index in [0.29, 0.717) is 18.9 Å². The molecule has 1 atom stereocenters. The molecule has 1 unspecified atom stereocenters. The fraction of sp³-hybridized carbons (Fsp3) is 0.333. The zero-order chi connectivity index (χ0) is 13.3. The monoisotopic (exact) mass is 261 g/mol. The van der Waals surface area contributed by atoms with Crippen molar-refractivity contribution in [1.29, 1.82) is 0 Å². The van der Waals surface area contributed by atoms with Crippen LogP contribution in [0, 0.1) is 0 Å². The van der Waals surface area contributed by atoms with E-state index in [4.69, 9.17) is 9.15 Å². The highest BCUT2D eigenvalue weighted by Crippen LogP contribution is 2.11. The third-order valence-electron chi connectivity index (χ3n) is 2.72. The fourth-order valence-electron chi connectivity index (χ4n) is 1.72. The number of benzene rings is 1. The van der Waals surface area contributed by atoms with Crippen LogP contribution in [-0.4, -0.2) is 24.8 Å². The van der Waals surface area contributed by atoms with Crippen molar-refractivity contribution in [3.63, 3.8) is 0 Å². The summed E-state index contributed by atoms with van der Waals surface area (Å²) in [6.07, 6.45) is 1.86. The zero-order valence-corrected chi connectivity index (χ0v) is 10.8. The number of hydrogen-bond acceptors (Lipinski definition) is 4. The summed E-state index contributed by atoms with van der Waals surface area (Å²) < 4.78 is 10.7. The van der Waals surface area contributed by atoms with E-state index in [1.54, 1.807) is 18.4 Å². The lowest BCUT2D eigenvalue weighted by Crippen LogP contribution is -2.23. The van der Waals surface area contributed by atoms with Gasteiger partial charge >= 0.3 is 0 Å². The molecule has 0 saturated heterocycles. The summed E-state index contributed by atoms with van der Waals surface area (Å²) in [6, 6.07) is 13.3. The Kier molecular flexibility index (Phi) is 5.47. The van der Waals surface area contributed by atoms with E-state index in [2.05, 4.69) is 5.32 Å². The van der Waals surface area contributed by atoms with E-state index in [9.17, 15) is 5.11 Å². The van der Waals surface area contributed by atoms with Gasteiger partial charge in [0.2, 0.25) is 0 Å². The van der Waals surface area contributed by atoms with Crippen molar-refractivity contribution in [3.05, 3.63) is 54.5 Å². The Morgan fingerprint density at radius 3 is 2.74 bits per heavy atom. The summed E-state index contributed by atoms with van der Waals surface area (Å²) in [5.41, 5.74) is 0. The van der Waals surface area contributed by atoms with Crippen molar-refractivity contribution >= 4 is 0 Å². The molecule has 102 valence electrons. The molecule has 0 aliphatic carbocycles. The molecule has 0 spiro atoms. The number of para-hydroxylation sites is 1. The summed E-state index contributed by atoms with van der Waals surface area (Å²) in [7, 11) is 0. The first-order chi connectivity index (χ1) is 9.36. The smallest absolute Gasteiger partial charge is 0.133 e. The van der Waals surface area contributed by atoms with E-state index in [-0.39, 0.29) is 0 Å². The molecule has 0 amide bonds. The van der Waals surface area contributed by atoms with Crippen LogP contribution >= 0.6 is 0 Å². The number of rotatable bonds is 8. The predicted octanol–water partition coefficient (Wildman–Crippen LogP) is 2.37. The van der Waals surface area contributed by atoms with Crippen molar-refractivity contribution in [1.82, 2.24) is 5.32 Å². The maximum atomic E-state index is 9.76. The van der Waals surface area contributed by atoms with Gasteiger partial charge in [-0.05, 0) is 37.2 Å². The van der Waals surface area contributed by atoms with Crippen LogP contribution in [0.5, 0.6) is 5.75 Å². The molecule has 2 rings (SSSR count). The summed E-state index contributed by atoms with van der Waals surface area (Å²) >= 11 is 0. The number of aliphatic hydroxyl groups is 1. The minimum Gasteiger partial charge on any atom is -0.494 e. The third kappa shape index (κ3) is 4.77. The molecule has 0 aliphatic rings. The van der Waals surface area contributed by atoms with Crippen LogP contribution in [0.15, 0.2) is 53.1 Å². The normalized spacial score (nSPS) is 12.3.